The van der Waals surface area contributed by atoms with Crippen LogP contribution in [0.2, 0.25) is 0 Å². The topological polar surface area (TPSA) is 78.5 Å². The van der Waals surface area contributed by atoms with Gasteiger partial charge in [-0.3, -0.25) is 0 Å². The molecule has 25 heavy (non-hydrogen) atoms. The van der Waals surface area contributed by atoms with E-state index >= 15 is 0 Å². The molecule has 0 aliphatic heterocycles. The van der Waals surface area contributed by atoms with Crippen molar-refractivity contribution in [2.75, 3.05) is 6.61 Å². The highest BCUT2D eigenvalue weighted by Crippen LogP contribution is 2.44. The Labute approximate surface area is 145 Å². The molecule has 1 atom stereocenters. The lowest BCUT2D eigenvalue weighted by Crippen LogP contribution is -2.49. The van der Waals surface area contributed by atoms with Crippen LogP contribution in [0.4, 0.5) is 4.79 Å². The van der Waals surface area contributed by atoms with Crippen molar-refractivity contribution in [3.63, 3.8) is 0 Å². The normalized spacial score (nSPS) is 16.6. The fraction of sp³-hybridized carbons (Fsp3) is 0.300. The molecular formula is C20H18NO4-. The van der Waals surface area contributed by atoms with Crippen molar-refractivity contribution in [2.45, 2.75) is 24.8 Å². The van der Waals surface area contributed by atoms with Crippen LogP contribution in [0.15, 0.2) is 48.5 Å². The van der Waals surface area contributed by atoms with Gasteiger partial charge in [0, 0.05) is 5.92 Å². The second-order valence-corrected chi connectivity index (χ2v) is 6.60. The first-order valence-electron chi connectivity index (χ1n) is 8.47. The molecular weight excluding hydrogens is 318 g/mol. The number of carboxylic acid groups (broad SMARTS) is 1. The number of amides is 1. The van der Waals surface area contributed by atoms with Gasteiger partial charge in [0.05, 0.1) is 12.0 Å². The van der Waals surface area contributed by atoms with E-state index in [9.17, 15) is 14.7 Å². The van der Waals surface area contributed by atoms with Gasteiger partial charge in [-0.15, -0.1) is 0 Å². The molecule has 0 spiro atoms. The summed E-state index contributed by atoms with van der Waals surface area (Å²) in [6.45, 7) is 0.171. The second kappa shape index (κ2) is 6.24. The maximum Gasteiger partial charge on any atom is 0.407 e. The van der Waals surface area contributed by atoms with Gasteiger partial charge in [-0.1, -0.05) is 48.5 Å². The molecule has 1 fully saturated rings. The standard InChI is InChI=1S/C20H19NO4/c22-19(23)18(12-9-10-12)21-20(24)25-11-17-15-7-3-1-5-13(15)14-6-2-4-8-16(14)17/h1-8,12,17-18H,9-11H2,(H,21,24)(H,22,23)/p-1/t18-/m1/s1. The van der Waals surface area contributed by atoms with Gasteiger partial charge in [-0.25, -0.2) is 4.79 Å². The van der Waals surface area contributed by atoms with Crippen molar-refractivity contribution in [1.82, 2.24) is 5.32 Å². The minimum absolute atomic E-state index is 0.0366. The third-order valence-electron chi connectivity index (χ3n) is 4.96. The van der Waals surface area contributed by atoms with Gasteiger partial charge >= 0.3 is 6.09 Å². The predicted octanol–water partition coefficient (Wildman–Crippen LogP) is 2.05. The van der Waals surface area contributed by atoms with Crippen molar-refractivity contribution in [3.05, 3.63) is 59.7 Å². The average molecular weight is 336 g/mol. The minimum atomic E-state index is -1.25. The molecule has 0 aromatic heterocycles. The summed E-state index contributed by atoms with van der Waals surface area (Å²) in [6, 6.07) is 15.2. The van der Waals surface area contributed by atoms with Crippen LogP contribution in [0.5, 0.6) is 0 Å². The van der Waals surface area contributed by atoms with E-state index in [-0.39, 0.29) is 18.4 Å². The number of rotatable bonds is 5. The van der Waals surface area contributed by atoms with Crippen molar-refractivity contribution in [2.24, 2.45) is 5.92 Å². The average Bonchev–Trinajstić information content (AvgIpc) is 3.40. The number of carboxylic acids is 1. The quantitative estimate of drug-likeness (QED) is 0.906. The number of hydrogen-bond acceptors (Lipinski definition) is 4. The molecule has 1 N–H and O–H groups in total. The van der Waals surface area contributed by atoms with E-state index in [0.29, 0.717) is 0 Å². The highest BCUT2D eigenvalue weighted by molar-refractivity contribution is 5.80. The molecule has 1 amide bonds. The lowest BCUT2D eigenvalue weighted by atomic mass is 9.98. The fourth-order valence-corrected chi connectivity index (χ4v) is 3.57. The fourth-order valence-electron chi connectivity index (χ4n) is 3.57. The Bertz CT molecular complexity index is 782. The van der Waals surface area contributed by atoms with Gasteiger partial charge < -0.3 is 20.0 Å². The summed E-state index contributed by atoms with van der Waals surface area (Å²) in [6.07, 6.45) is 0.882. The Balaban J connectivity index is 1.47. The van der Waals surface area contributed by atoms with E-state index in [1.165, 1.54) is 0 Å². The van der Waals surface area contributed by atoms with Gasteiger partial charge in [0.25, 0.3) is 0 Å². The van der Waals surface area contributed by atoms with Crippen LogP contribution in [0.25, 0.3) is 11.1 Å². The maximum atomic E-state index is 12.0. The summed E-state index contributed by atoms with van der Waals surface area (Å²) in [7, 11) is 0. The van der Waals surface area contributed by atoms with E-state index in [4.69, 9.17) is 4.74 Å². The van der Waals surface area contributed by atoms with E-state index < -0.39 is 18.1 Å². The molecule has 0 radical (unpaired) electrons. The van der Waals surface area contributed by atoms with Crippen LogP contribution in [-0.4, -0.2) is 24.7 Å². The first kappa shape index (κ1) is 15.7. The highest BCUT2D eigenvalue weighted by Gasteiger charge is 2.34. The van der Waals surface area contributed by atoms with E-state index in [1.54, 1.807) is 0 Å². The molecule has 2 aromatic carbocycles. The van der Waals surface area contributed by atoms with Crippen molar-refractivity contribution < 1.29 is 19.4 Å². The van der Waals surface area contributed by atoms with Crippen molar-refractivity contribution >= 4 is 12.1 Å². The van der Waals surface area contributed by atoms with Crippen molar-refractivity contribution in [3.8, 4) is 11.1 Å². The van der Waals surface area contributed by atoms with Gasteiger partial charge in [-0.05, 0) is 41.0 Å². The lowest BCUT2D eigenvalue weighted by molar-refractivity contribution is -0.308. The summed E-state index contributed by atoms with van der Waals surface area (Å²) in [5, 5.41) is 13.5. The molecule has 0 heterocycles. The second-order valence-electron chi connectivity index (χ2n) is 6.60. The van der Waals surface area contributed by atoms with E-state index in [1.807, 2.05) is 36.4 Å². The van der Waals surface area contributed by atoms with Crippen LogP contribution in [0.1, 0.15) is 29.9 Å². The van der Waals surface area contributed by atoms with Crippen LogP contribution in [-0.2, 0) is 9.53 Å². The monoisotopic (exact) mass is 336 g/mol. The molecule has 0 bridgehead atoms. The number of aliphatic carboxylic acids is 1. The van der Waals surface area contributed by atoms with Gasteiger partial charge in [0.15, 0.2) is 0 Å². The Morgan fingerprint density at radius 2 is 1.60 bits per heavy atom. The molecule has 128 valence electrons. The number of ether oxygens (including phenoxy) is 1. The molecule has 5 nitrogen and oxygen atoms in total. The van der Waals surface area contributed by atoms with Crippen molar-refractivity contribution in [1.29, 1.82) is 0 Å². The third-order valence-corrected chi connectivity index (χ3v) is 4.96. The Morgan fingerprint density at radius 1 is 1.04 bits per heavy atom. The zero-order valence-electron chi connectivity index (χ0n) is 13.6. The molecule has 1 saturated carbocycles. The summed E-state index contributed by atoms with van der Waals surface area (Å²) in [5.74, 6) is -1.33. The number of benzene rings is 2. The van der Waals surface area contributed by atoms with E-state index in [0.717, 1.165) is 35.1 Å². The molecule has 0 saturated heterocycles. The number of nitrogens with one attached hydrogen (secondary N) is 1. The number of fused-ring (bicyclic) bond motifs is 3. The van der Waals surface area contributed by atoms with Gasteiger partial charge in [0.2, 0.25) is 0 Å². The van der Waals surface area contributed by atoms with Crippen LogP contribution in [0.3, 0.4) is 0 Å². The zero-order valence-corrected chi connectivity index (χ0v) is 13.6. The number of carbonyl (C=O) groups is 2. The first-order chi connectivity index (χ1) is 12.1. The molecule has 2 aromatic rings. The SMILES string of the molecule is O=C(N[C@@H](C(=O)[O-])C1CC1)OCC1c2ccccc2-c2ccccc21. The molecule has 2 aliphatic rings. The Hall–Kier alpha value is -2.82. The number of hydrogen-bond donors (Lipinski definition) is 1. The Kier molecular flexibility index (Phi) is 3.92. The summed E-state index contributed by atoms with van der Waals surface area (Å²) >= 11 is 0. The summed E-state index contributed by atoms with van der Waals surface area (Å²) in [5.41, 5.74) is 4.54. The number of alkyl carbamates (subject to hydrolysis) is 1. The van der Waals surface area contributed by atoms with Crippen LogP contribution >= 0.6 is 0 Å². The smallest absolute Gasteiger partial charge is 0.407 e. The third kappa shape index (κ3) is 2.97. The highest BCUT2D eigenvalue weighted by atomic mass is 16.5. The molecule has 2 aliphatic carbocycles. The minimum Gasteiger partial charge on any atom is -0.548 e. The lowest BCUT2D eigenvalue weighted by Gasteiger charge is -2.20. The molecule has 5 heteroatoms. The predicted molar refractivity (Wildman–Crippen MR) is 89.7 cm³/mol. The Morgan fingerprint density at radius 3 is 2.12 bits per heavy atom. The van der Waals surface area contributed by atoms with Gasteiger partial charge in [-0.2, -0.15) is 0 Å². The first-order valence-corrected chi connectivity index (χ1v) is 8.47. The summed E-state index contributed by atoms with van der Waals surface area (Å²) in [4.78, 5) is 23.2. The largest absolute Gasteiger partial charge is 0.548 e. The van der Waals surface area contributed by atoms with E-state index in [2.05, 4.69) is 17.4 Å². The van der Waals surface area contributed by atoms with Gasteiger partial charge in [0.1, 0.15) is 6.61 Å². The number of carbonyl (C=O) groups excluding carboxylic acids is 2. The molecule has 0 unspecified atom stereocenters. The maximum absolute atomic E-state index is 12.0. The zero-order chi connectivity index (χ0) is 17.4. The summed E-state index contributed by atoms with van der Waals surface area (Å²) < 4.78 is 5.36. The van der Waals surface area contributed by atoms with Crippen LogP contribution < -0.4 is 10.4 Å². The van der Waals surface area contributed by atoms with Crippen LogP contribution in [0, 0.1) is 5.92 Å². The molecule has 4 rings (SSSR count).